The van der Waals surface area contributed by atoms with Gasteiger partial charge in [0.15, 0.2) is 5.03 Å². The van der Waals surface area contributed by atoms with Crippen LogP contribution in [0.2, 0.25) is 0 Å². The second-order valence-corrected chi connectivity index (χ2v) is 8.36. The summed E-state index contributed by atoms with van der Waals surface area (Å²) in [4.78, 5) is 1.12. The van der Waals surface area contributed by atoms with Crippen LogP contribution in [0.1, 0.15) is 10.4 Å². The van der Waals surface area contributed by atoms with Gasteiger partial charge in [0.05, 0.1) is 9.98 Å². The molecule has 2 aromatic heterocycles. The molecule has 2 rings (SSSR count). The van der Waals surface area contributed by atoms with Crippen LogP contribution in [-0.2, 0) is 23.0 Å². The van der Waals surface area contributed by atoms with Crippen LogP contribution >= 0.6 is 27.3 Å². The van der Waals surface area contributed by atoms with E-state index in [1.807, 2.05) is 12.1 Å². The quantitative estimate of drug-likeness (QED) is 0.680. The highest BCUT2D eigenvalue weighted by molar-refractivity contribution is 9.11. The van der Waals surface area contributed by atoms with Gasteiger partial charge in [0, 0.05) is 23.5 Å². The monoisotopic (exact) mass is 378 g/mol. The van der Waals surface area contributed by atoms with Gasteiger partial charge in [-0.1, -0.05) is 0 Å². The molecule has 0 radical (unpaired) electrons. The largest absolute Gasteiger partial charge is 0.316 e. The summed E-state index contributed by atoms with van der Waals surface area (Å²) in [5.41, 5.74) is 0.624. The van der Waals surface area contributed by atoms with Gasteiger partial charge in [-0.25, -0.2) is 13.1 Å². The number of rotatable bonds is 7. The Balaban J connectivity index is 1.98. The van der Waals surface area contributed by atoms with Crippen molar-refractivity contribution < 1.29 is 8.42 Å². The van der Waals surface area contributed by atoms with Crippen molar-refractivity contribution in [3.8, 4) is 0 Å². The molecular weight excluding hydrogens is 364 g/mol. The number of H-pyrrole nitrogens is 1. The van der Waals surface area contributed by atoms with Crippen LogP contribution in [0.4, 0.5) is 0 Å². The molecule has 0 aliphatic heterocycles. The Bertz CT molecular complexity index is 666. The van der Waals surface area contributed by atoms with E-state index in [0.29, 0.717) is 25.1 Å². The maximum atomic E-state index is 12.2. The second-order valence-electron chi connectivity index (χ2n) is 4.11. The van der Waals surface area contributed by atoms with Gasteiger partial charge in [0.1, 0.15) is 0 Å². The predicted molar refractivity (Wildman–Crippen MR) is 82.3 cm³/mol. The molecular formula is C11H15BrN4O2S2. The van der Waals surface area contributed by atoms with Crippen LogP contribution in [-0.4, -0.2) is 32.2 Å². The minimum Gasteiger partial charge on any atom is -0.316 e. The molecule has 0 aliphatic rings. The summed E-state index contributed by atoms with van der Waals surface area (Å²) < 4.78 is 28.0. The van der Waals surface area contributed by atoms with E-state index < -0.39 is 10.0 Å². The lowest BCUT2D eigenvalue weighted by atomic mass is 10.3. The zero-order valence-corrected chi connectivity index (χ0v) is 14.0. The number of hydrogen-bond donors (Lipinski definition) is 3. The maximum Gasteiger partial charge on any atom is 0.257 e. The summed E-state index contributed by atoms with van der Waals surface area (Å²) in [6, 6.07) is 3.93. The number of aromatic nitrogens is 2. The SMILES string of the molecule is CNCc1cn[nH]c1S(=O)(=O)NCCc1ccc(Br)s1. The molecule has 0 aliphatic carbocycles. The molecule has 0 bridgehead atoms. The summed E-state index contributed by atoms with van der Waals surface area (Å²) in [5.74, 6) is 0. The lowest BCUT2D eigenvalue weighted by Crippen LogP contribution is -2.27. The first-order valence-electron chi connectivity index (χ1n) is 5.93. The van der Waals surface area contributed by atoms with E-state index in [1.54, 1.807) is 18.4 Å². The highest BCUT2D eigenvalue weighted by atomic mass is 79.9. The van der Waals surface area contributed by atoms with E-state index in [1.165, 1.54) is 6.20 Å². The number of nitrogens with zero attached hydrogens (tertiary/aromatic N) is 1. The van der Waals surface area contributed by atoms with E-state index in [0.717, 1.165) is 8.66 Å². The second kappa shape index (κ2) is 6.81. The van der Waals surface area contributed by atoms with Gasteiger partial charge < -0.3 is 5.32 Å². The highest BCUT2D eigenvalue weighted by Gasteiger charge is 2.19. The zero-order valence-electron chi connectivity index (χ0n) is 10.8. The van der Waals surface area contributed by atoms with E-state index in [2.05, 4.69) is 36.2 Å². The van der Waals surface area contributed by atoms with E-state index in [9.17, 15) is 8.42 Å². The molecule has 0 saturated carbocycles. The molecule has 20 heavy (non-hydrogen) atoms. The van der Waals surface area contributed by atoms with Gasteiger partial charge in [-0.05, 0) is 41.5 Å². The molecule has 0 atom stereocenters. The lowest BCUT2D eigenvalue weighted by Gasteiger charge is -2.06. The average molecular weight is 379 g/mol. The zero-order chi connectivity index (χ0) is 14.6. The first-order valence-corrected chi connectivity index (χ1v) is 9.03. The van der Waals surface area contributed by atoms with Gasteiger partial charge in [0.2, 0.25) is 0 Å². The van der Waals surface area contributed by atoms with E-state index >= 15 is 0 Å². The fraction of sp³-hybridized carbons (Fsp3) is 0.364. The Hall–Kier alpha value is -0.740. The van der Waals surface area contributed by atoms with Crippen LogP contribution in [0.15, 0.2) is 27.1 Å². The molecule has 0 aromatic carbocycles. The average Bonchev–Trinajstić information content (AvgIpc) is 2.99. The van der Waals surface area contributed by atoms with Crippen molar-refractivity contribution in [3.05, 3.63) is 32.6 Å². The number of thiophene rings is 1. The number of hydrogen-bond acceptors (Lipinski definition) is 5. The first-order chi connectivity index (χ1) is 9.53. The van der Waals surface area contributed by atoms with Gasteiger partial charge in [-0.15, -0.1) is 11.3 Å². The van der Waals surface area contributed by atoms with Crippen LogP contribution in [0.3, 0.4) is 0 Å². The minimum atomic E-state index is -3.55. The van der Waals surface area contributed by atoms with E-state index in [-0.39, 0.29) is 5.03 Å². The van der Waals surface area contributed by atoms with Crippen molar-refractivity contribution in [2.75, 3.05) is 13.6 Å². The fourth-order valence-corrected chi connectivity index (χ4v) is 4.36. The topological polar surface area (TPSA) is 86.9 Å². The Morgan fingerprint density at radius 2 is 2.25 bits per heavy atom. The third kappa shape index (κ3) is 3.89. The Morgan fingerprint density at radius 1 is 1.45 bits per heavy atom. The fourth-order valence-electron chi connectivity index (χ4n) is 1.72. The molecule has 9 heteroatoms. The first kappa shape index (κ1) is 15.6. The van der Waals surface area contributed by atoms with Gasteiger partial charge in [-0.2, -0.15) is 5.10 Å². The smallest absolute Gasteiger partial charge is 0.257 e. The van der Waals surface area contributed by atoms with Crippen LogP contribution in [0.25, 0.3) is 0 Å². The third-order valence-electron chi connectivity index (χ3n) is 2.61. The van der Waals surface area contributed by atoms with Crippen molar-refractivity contribution in [2.45, 2.75) is 18.0 Å². The van der Waals surface area contributed by atoms with Gasteiger partial charge in [0.25, 0.3) is 10.0 Å². The lowest BCUT2D eigenvalue weighted by molar-refractivity contribution is 0.575. The highest BCUT2D eigenvalue weighted by Crippen LogP contribution is 2.22. The van der Waals surface area contributed by atoms with Gasteiger partial charge in [-0.3, -0.25) is 5.10 Å². The van der Waals surface area contributed by atoms with Crippen molar-refractivity contribution in [3.63, 3.8) is 0 Å². The summed E-state index contributed by atoms with van der Waals surface area (Å²) in [6.07, 6.45) is 2.17. The summed E-state index contributed by atoms with van der Waals surface area (Å²) in [6.45, 7) is 0.803. The minimum absolute atomic E-state index is 0.124. The third-order valence-corrected chi connectivity index (χ3v) is 5.76. The molecule has 0 fully saturated rings. The van der Waals surface area contributed by atoms with Crippen molar-refractivity contribution in [1.82, 2.24) is 20.2 Å². The Morgan fingerprint density at radius 3 is 2.90 bits per heavy atom. The Labute approximate surface area is 130 Å². The van der Waals surface area contributed by atoms with Crippen molar-refractivity contribution >= 4 is 37.3 Å². The molecule has 0 unspecified atom stereocenters. The molecule has 3 N–H and O–H groups in total. The molecule has 0 spiro atoms. The number of nitrogens with one attached hydrogen (secondary N) is 3. The molecule has 0 amide bonds. The summed E-state index contributed by atoms with van der Waals surface area (Å²) in [7, 11) is -1.79. The molecule has 6 nitrogen and oxygen atoms in total. The van der Waals surface area contributed by atoms with Gasteiger partial charge >= 0.3 is 0 Å². The number of sulfonamides is 1. The number of aromatic amines is 1. The number of halogens is 1. The molecule has 2 aromatic rings. The van der Waals surface area contributed by atoms with Crippen molar-refractivity contribution in [1.29, 1.82) is 0 Å². The van der Waals surface area contributed by atoms with Crippen LogP contribution in [0.5, 0.6) is 0 Å². The summed E-state index contributed by atoms with van der Waals surface area (Å²) >= 11 is 4.98. The molecule has 0 saturated heterocycles. The van der Waals surface area contributed by atoms with E-state index in [4.69, 9.17) is 0 Å². The van der Waals surface area contributed by atoms with Crippen LogP contribution in [0, 0.1) is 0 Å². The standard InChI is InChI=1S/C11H15BrN4O2S2/c1-13-6-8-7-14-16-11(8)20(17,18)15-5-4-9-2-3-10(12)19-9/h2-3,7,13,15H,4-6H2,1H3,(H,14,16). The van der Waals surface area contributed by atoms with Crippen molar-refractivity contribution in [2.24, 2.45) is 0 Å². The normalized spacial score (nSPS) is 11.9. The summed E-state index contributed by atoms with van der Waals surface area (Å²) in [5, 5.41) is 9.36. The maximum absolute atomic E-state index is 12.2. The van der Waals surface area contributed by atoms with Crippen LogP contribution < -0.4 is 10.0 Å². The predicted octanol–water partition coefficient (Wildman–Crippen LogP) is 1.47. The molecule has 110 valence electrons. The Kier molecular flexibility index (Phi) is 5.33. The molecule has 2 heterocycles.